The van der Waals surface area contributed by atoms with Gasteiger partial charge >= 0.3 is 5.97 Å². The van der Waals surface area contributed by atoms with Crippen LogP contribution in [-0.4, -0.2) is 30.4 Å². The molecule has 0 amide bonds. The van der Waals surface area contributed by atoms with Crippen molar-refractivity contribution < 1.29 is 14.3 Å². The summed E-state index contributed by atoms with van der Waals surface area (Å²) >= 11 is 0. The lowest BCUT2D eigenvalue weighted by Gasteiger charge is -2.03. The highest BCUT2D eigenvalue weighted by Crippen LogP contribution is 2.26. The Morgan fingerprint density at radius 1 is 1.40 bits per heavy atom. The molecule has 0 radical (unpaired) electrons. The van der Waals surface area contributed by atoms with Crippen LogP contribution in [0.4, 0.5) is 0 Å². The molecule has 0 unspecified atom stereocenters. The number of aromatic amines is 1. The molecule has 0 aliphatic heterocycles. The number of benzene rings is 1. The maximum Gasteiger partial charge on any atom is 0.340 e. The van der Waals surface area contributed by atoms with Crippen LogP contribution in [0.5, 0.6) is 5.75 Å². The van der Waals surface area contributed by atoms with Crippen LogP contribution in [0.3, 0.4) is 0 Å². The average molecular weight is 206 g/mol. The van der Waals surface area contributed by atoms with Gasteiger partial charge in [0.25, 0.3) is 0 Å². The summed E-state index contributed by atoms with van der Waals surface area (Å²) in [5, 5.41) is 7.45. The molecule has 78 valence electrons. The summed E-state index contributed by atoms with van der Waals surface area (Å²) in [6.07, 6.45) is 1.68. The summed E-state index contributed by atoms with van der Waals surface area (Å²) < 4.78 is 9.80. The molecule has 0 aliphatic carbocycles. The Labute approximate surface area is 86.0 Å². The number of methoxy groups -OCH3 is 2. The number of carbonyl (C=O) groups excluding carboxylic acids is 1. The highest BCUT2D eigenvalue weighted by molar-refractivity contribution is 6.04. The van der Waals surface area contributed by atoms with Crippen molar-refractivity contribution in [3.05, 3.63) is 23.9 Å². The van der Waals surface area contributed by atoms with E-state index in [0.717, 1.165) is 5.39 Å². The molecule has 2 rings (SSSR count). The van der Waals surface area contributed by atoms with E-state index in [-0.39, 0.29) is 0 Å². The van der Waals surface area contributed by atoms with Crippen molar-refractivity contribution in [3.63, 3.8) is 0 Å². The first-order chi connectivity index (χ1) is 7.27. The molecule has 0 fully saturated rings. The van der Waals surface area contributed by atoms with Crippen molar-refractivity contribution in [2.24, 2.45) is 0 Å². The van der Waals surface area contributed by atoms with E-state index in [1.54, 1.807) is 25.4 Å². The molecule has 0 atom stereocenters. The Kier molecular flexibility index (Phi) is 2.29. The van der Waals surface area contributed by atoms with Crippen molar-refractivity contribution in [1.29, 1.82) is 0 Å². The normalized spacial score (nSPS) is 10.3. The molecular formula is C10H10N2O3. The van der Waals surface area contributed by atoms with Crippen LogP contribution >= 0.6 is 0 Å². The number of nitrogens with one attached hydrogen (secondary N) is 1. The lowest BCUT2D eigenvalue weighted by Crippen LogP contribution is -2.02. The van der Waals surface area contributed by atoms with Crippen LogP contribution in [0.25, 0.3) is 10.9 Å². The highest BCUT2D eigenvalue weighted by Gasteiger charge is 2.14. The zero-order valence-corrected chi connectivity index (χ0v) is 8.40. The van der Waals surface area contributed by atoms with Gasteiger partial charge in [-0.3, -0.25) is 5.10 Å². The van der Waals surface area contributed by atoms with E-state index in [2.05, 4.69) is 14.9 Å². The van der Waals surface area contributed by atoms with Gasteiger partial charge in [0.2, 0.25) is 0 Å². The average Bonchev–Trinajstić information content (AvgIpc) is 2.75. The maximum atomic E-state index is 11.4. The molecule has 1 aromatic heterocycles. The summed E-state index contributed by atoms with van der Waals surface area (Å²) in [4.78, 5) is 11.4. The highest BCUT2D eigenvalue weighted by atomic mass is 16.5. The monoisotopic (exact) mass is 206 g/mol. The molecule has 1 N–H and O–H groups in total. The summed E-state index contributed by atoms with van der Waals surface area (Å²) in [5.74, 6) is 0.265. The van der Waals surface area contributed by atoms with Gasteiger partial charge < -0.3 is 9.47 Å². The summed E-state index contributed by atoms with van der Waals surface area (Å²) in [6, 6.07) is 3.35. The Morgan fingerprint density at radius 2 is 2.20 bits per heavy atom. The lowest BCUT2D eigenvalue weighted by molar-refractivity contribution is 0.0602. The largest absolute Gasteiger partial charge is 0.496 e. The van der Waals surface area contributed by atoms with Gasteiger partial charge in [-0.25, -0.2) is 4.79 Å². The molecule has 0 saturated carbocycles. The van der Waals surface area contributed by atoms with E-state index >= 15 is 0 Å². The molecule has 5 nitrogen and oxygen atoms in total. The van der Waals surface area contributed by atoms with Crippen LogP contribution in [0.1, 0.15) is 10.4 Å². The lowest BCUT2D eigenvalue weighted by atomic mass is 10.1. The van der Waals surface area contributed by atoms with Crippen LogP contribution in [0.15, 0.2) is 18.3 Å². The molecule has 15 heavy (non-hydrogen) atoms. The number of rotatable bonds is 2. The van der Waals surface area contributed by atoms with Crippen molar-refractivity contribution in [2.75, 3.05) is 14.2 Å². The summed E-state index contributed by atoms with van der Waals surface area (Å²) in [5.41, 5.74) is 0.982. The van der Waals surface area contributed by atoms with E-state index < -0.39 is 5.97 Å². The standard InChI is InChI=1S/C10H10N2O3/c1-14-8-4-3-6(10(13)15-2)9-7(8)5-11-12-9/h3-5H,1-2H3,(H,11,12). The van der Waals surface area contributed by atoms with E-state index in [1.807, 2.05) is 0 Å². The fourth-order valence-electron chi connectivity index (χ4n) is 1.46. The Bertz CT molecular complexity index is 504. The molecule has 1 heterocycles. The van der Waals surface area contributed by atoms with Crippen molar-refractivity contribution in [1.82, 2.24) is 10.2 Å². The predicted octanol–water partition coefficient (Wildman–Crippen LogP) is 1.36. The van der Waals surface area contributed by atoms with E-state index in [4.69, 9.17) is 4.74 Å². The van der Waals surface area contributed by atoms with Gasteiger partial charge in [0.1, 0.15) is 11.3 Å². The fourth-order valence-corrected chi connectivity index (χ4v) is 1.46. The first-order valence-corrected chi connectivity index (χ1v) is 4.36. The molecular weight excluding hydrogens is 196 g/mol. The Hall–Kier alpha value is -2.04. The van der Waals surface area contributed by atoms with E-state index in [9.17, 15) is 4.79 Å². The second-order valence-corrected chi connectivity index (χ2v) is 2.95. The molecule has 2 aromatic rings. The smallest absolute Gasteiger partial charge is 0.340 e. The second kappa shape index (κ2) is 3.61. The SMILES string of the molecule is COC(=O)c1ccc(OC)c2c[nH]nc12. The van der Waals surface area contributed by atoms with Crippen molar-refractivity contribution in [3.8, 4) is 5.75 Å². The quantitative estimate of drug-likeness (QED) is 0.753. The first-order valence-electron chi connectivity index (χ1n) is 4.36. The first kappa shape index (κ1) is 9.51. The zero-order chi connectivity index (χ0) is 10.8. The van der Waals surface area contributed by atoms with Gasteiger partial charge in [-0.05, 0) is 12.1 Å². The Morgan fingerprint density at radius 3 is 2.87 bits per heavy atom. The molecule has 0 bridgehead atoms. The summed E-state index contributed by atoms with van der Waals surface area (Å²) in [7, 11) is 2.91. The minimum absolute atomic E-state index is 0.408. The molecule has 1 aromatic carbocycles. The molecule has 0 aliphatic rings. The summed E-state index contributed by atoms with van der Waals surface area (Å²) in [6.45, 7) is 0. The number of esters is 1. The predicted molar refractivity (Wildman–Crippen MR) is 54.0 cm³/mol. The third kappa shape index (κ3) is 1.41. The second-order valence-electron chi connectivity index (χ2n) is 2.95. The molecule has 5 heteroatoms. The number of H-pyrrole nitrogens is 1. The topological polar surface area (TPSA) is 64.2 Å². The van der Waals surface area contributed by atoms with E-state index in [1.165, 1.54) is 7.11 Å². The minimum Gasteiger partial charge on any atom is -0.496 e. The minimum atomic E-state index is -0.408. The van der Waals surface area contributed by atoms with Crippen LogP contribution in [0, 0.1) is 0 Å². The van der Waals surface area contributed by atoms with Gasteiger partial charge in [-0.1, -0.05) is 0 Å². The van der Waals surface area contributed by atoms with Crippen LogP contribution in [-0.2, 0) is 4.74 Å². The third-order valence-corrected chi connectivity index (χ3v) is 2.19. The number of nitrogens with zero attached hydrogens (tertiary/aromatic N) is 1. The zero-order valence-electron chi connectivity index (χ0n) is 8.40. The van der Waals surface area contributed by atoms with Gasteiger partial charge in [0, 0.05) is 6.20 Å². The Balaban J connectivity index is 2.68. The van der Waals surface area contributed by atoms with Gasteiger partial charge in [0.15, 0.2) is 0 Å². The van der Waals surface area contributed by atoms with Gasteiger partial charge in [0.05, 0.1) is 25.2 Å². The van der Waals surface area contributed by atoms with Crippen molar-refractivity contribution >= 4 is 16.9 Å². The van der Waals surface area contributed by atoms with Crippen LogP contribution < -0.4 is 4.74 Å². The number of aromatic nitrogens is 2. The molecule has 0 saturated heterocycles. The van der Waals surface area contributed by atoms with E-state index in [0.29, 0.717) is 16.8 Å². The number of carbonyl (C=O) groups is 1. The number of hydrogen-bond acceptors (Lipinski definition) is 4. The number of fused-ring (bicyclic) bond motifs is 1. The maximum absolute atomic E-state index is 11.4. The van der Waals surface area contributed by atoms with Crippen molar-refractivity contribution in [2.45, 2.75) is 0 Å². The molecule has 0 spiro atoms. The fraction of sp³-hybridized carbons (Fsp3) is 0.200. The number of ether oxygens (including phenoxy) is 2. The van der Waals surface area contributed by atoms with Gasteiger partial charge in [-0.2, -0.15) is 5.10 Å². The van der Waals surface area contributed by atoms with Crippen LogP contribution in [0.2, 0.25) is 0 Å². The third-order valence-electron chi connectivity index (χ3n) is 2.19. The number of hydrogen-bond donors (Lipinski definition) is 1. The van der Waals surface area contributed by atoms with Gasteiger partial charge in [-0.15, -0.1) is 0 Å².